The molecule has 0 aromatic heterocycles. The van der Waals surface area contributed by atoms with Crippen LogP contribution in [0.25, 0.3) is 0 Å². The summed E-state index contributed by atoms with van der Waals surface area (Å²) < 4.78 is 11.5. The lowest BCUT2D eigenvalue weighted by atomic mass is 10.1. The first-order valence-electron chi connectivity index (χ1n) is 8.37. The summed E-state index contributed by atoms with van der Waals surface area (Å²) in [6.45, 7) is 12.9. The standard InChI is InChI=1S/C19H31NO3Si/c1-15(22-18(20)21)12-13-17(14-16-10-8-7-9-11-16)23-24(5,6)19(2,3)4/h7-13,15,17H,14H2,1-6H3,(H2,20,21)/b13-12+/t15-,17?/m0/s1. The minimum atomic E-state index is -1.91. The fourth-order valence-electron chi connectivity index (χ4n) is 2.05. The van der Waals surface area contributed by atoms with E-state index in [1.54, 1.807) is 6.92 Å². The molecule has 0 aliphatic carbocycles. The van der Waals surface area contributed by atoms with E-state index >= 15 is 0 Å². The summed E-state index contributed by atoms with van der Waals surface area (Å²) in [5, 5.41) is 0.130. The summed E-state index contributed by atoms with van der Waals surface area (Å²) in [5.41, 5.74) is 6.28. The predicted octanol–water partition coefficient (Wildman–Crippen LogP) is 4.66. The van der Waals surface area contributed by atoms with E-state index in [0.717, 1.165) is 6.42 Å². The van der Waals surface area contributed by atoms with Crippen LogP contribution in [0.2, 0.25) is 18.1 Å². The van der Waals surface area contributed by atoms with Gasteiger partial charge in [0.1, 0.15) is 6.10 Å². The van der Waals surface area contributed by atoms with Crippen molar-refractivity contribution in [1.29, 1.82) is 0 Å². The minimum Gasteiger partial charge on any atom is -0.442 e. The van der Waals surface area contributed by atoms with Gasteiger partial charge in [-0.15, -0.1) is 0 Å². The van der Waals surface area contributed by atoms with Crippen molar-refractivity contribution in [2.45, 2.75) is 64.5 Å². The van der Waals surface area contributed by atoms with Gasteiger partial charge in [-0.1, -0.05) is 57.2 Å². The van der Waals surface area contributed by atoms with Crippen LogP contribution < -0.4 is 5.73 Å². The molecule has 0 saturated heterocycles. The van der Waals surface area contributed by atoms with Crippen LogP contribution in [0.3, 0.4) is 0 Å². The highest BCUT2D eigenvalue weighted by Gasteiger charge is 2.38. The second-order valence-electron chi connectivity index (χ2n) is 7.63. The highest BCUT2D eigenvalue weighted by atomic mass is 28.4. The van der Waals surface area contributed by atoms with Gasteiger partial charge in [0, 0.05) is 6.42 Å². The third-order valence-corrected chi connectivity index (χ3v) is 8.94. The fourth-order valence-corrected chi connectivity index (χ4v) is 3.33. The van der Waals surface area contributed by atoms with E-state index in [1.165, 1.54) is 5.56 Å². The van der Waals surface area contributed by atoms with Crippen molar-refractivity contribution >= 4 is 14.4 Å². The van der Waals surface area contributed by atoms with E-state index in [-0.39, 0.29) is 17.2 Å². The molecule has 2 atom stereocenters. The van der Waals surface area contributed by atoms with Crippen LogP contribution in [-0.2, 0) is 15.6 Å². The van der Waals surface area contributed by atoms with E-state index in [9.17, 15) is 4.79 Å². The van der Waals surface area contributed by atoms with Crippen molar-refractivity contribution < 1.29 is 14.0 Å². The minimum absolute atomic E-state index is 0.0628. The predicted molar refractivity (Wildman–Crippen MR) is 101 cm³/mol. The van der Waals surface area contributed by atoms with E-state index in [1.807, 2.05) is 30.4 Å². The van der Waals surface area contributed by atoms with Crippen molar-refractivity contribution in [3.63, 3.8) is 0 Å². The average Bonchev–Trinajstić information content (AvgIpc) is 2.43. The maximum atomic E-state index is 10.8. The zero-order valence-corrected chi connectivity index (χ0v) is 16.7. The summed E-state index contributed by atoms with van der Waals surface area (Å²) in [6, 6.07) is 10.3. The number of nitrogens with two attached hydrogens (primary N) is 1. The molecule has 24 heavy (non-hydrogen) atoms. The van der Waals surface area contributed by atoms with E-state index < -0.39 is 14.4 Å². The fraction of sp³-hybridized carbons (Fsp3) is 0.526. The highest BCUT2D eigenvalue weighted by Crippen LogP contribution is 2.37. The number of amides is 1. The Labute approximate surface area is 147 Å². The summed E-state index contributed by atoms with van der Waals surface area (Å²) in [6.07, 6.45) is 3.41. The highest BCUT2D eigenvalue weighted by molar-refractivity contribution is 6.74. The quantitative estimate of drug-likeness (QED) is 0.575. The van der Waals surface area contributed by atoms with Crippen LogP contribution in [0.5, 0.6) is 0 Å². The normalized spacial score (nSPS) is 15.2. The Kier molecular flexibility index (Phi) is 7.23. The molecule has 1 rings (SSSR count). The van der Waals surface area contributed by atoms with Gasteiger partial charge in [0.2, 0.25) is 0 Å². The second-order valence-corrected chi connectivity index (χ2v) is 12.4. The molecule has 1 unspecified atom stereocenters. The topological polar surface area (TPSA) is 61.6 Å². The third-order valence-electron chi connectivity index (χ3n) is 4.43. The van der Waals surface area contributed by atoms with Gasteiger partial charge < -0.3 is 14.9 Å². The SMILES string of the molecule is C[C@@H](/C=C/C(Cc1ccccc1)O[Si](C)(C)C(C)(C)C)OC(N)=O. The van der Waals surface area contributed by atoms with Crippen molar-refractivity contribution in [1.82, 2.24) is 0 Å². The van der Waals surface area contributed by atoms with Gasteiger partial charge in [-0.3, -0.25) is 0 Å². The molecule has 0 heterocycles. The molecular formula is C19H31NO3Si. The summed E-state index contributed by atoms with van der Waals surface area (Å²) in [5.74, 6) is 0. The number of hydrogen-bond acceptors (Lipinski definition) is 3. The molecule has 0 bridgehead atoms. The van der Waals surface area contributed by atoms with Crippen LogP contribution in [0.15, 0.2) is 42.5 Å². The number of benzene rings is 1. The van der Waals surface area contributed by atoms with Crippen molar-refractivity contribution in [2.75, 3.05) is 0 Å². The molecule has 5 heteroatoms. The zero-order chi connectivity index (χ0) is 18.4. The number of carbonyl (C=O) groups is 1. The summed E-state index contributed by atoms with van der Waals surface area (Å²) in [4.78, 5) is 10.8. The molecule has 4 nitrogen and oxygen atoms in total. The maximum absolute atomic E-state index is 10.8. The van der Waals surface area contributed by atoms with Gasteiger partial charge in [0.05, 0.1) is 6.10 Å². The van der Waals surface area contributed by atoms with Crippen LogP contribution in [0.1, 0.15) is 33.3 Å². The zero-order valence-electron chi connectivity index (χ0n) is 15.7. The Balaban J connectivity index is 2.91. The lowest BCUT2D eigenvalue weighted by Crippen LogP contribution is -2.44. The van der Waals surface area contributed by atoms with Crippen LogP contribution in [0, 0.1) is 0 Å². The lowest BCUT2D eigenvalue weighted by Gasteiger charge is -2.38. The molecule has 134 valence electrons. The monoisotopic (exact) mass is 349 g/mol. The van der Waals surface area contributed by atoms with Crippen LogP contribution >= 0.6 is 0 Å². The van der Waals surface area contributed by atoms with Gasteiger partial charge >= 0.3 is 6.09 Å². The van der Waals surface area contributed by atoms with Gasteiger partial charge in [0.15, 0.2) is 8.32 Å². The van der Waals surface area contributed by atoms with Gasteiger partial charge in [0.25, 0.3) is 0 Å². The van der Waals surface area contributed by atoms with Gasteiger partial charge in [-0.05, 0) is 36.7 Å². The largest absolute Gasteiger partial charge is 0.442 e. The molecule has 0 aliphatic rings. The van der Waals surface area contributed by atoms with E-state index in [0.29, 0.717) is 0 Å². The number of primary amides is 1. The molecular weight excluding hydrogens is 318 g/mol. The van der Waals surface area contributed by atoms with Crippen molar-refractivity contribution in [3.05, 3.63) is 48.0 Å². The first kappa shape index (κ1) is 20.5. The molecule has 1 aromatic carbocycles. The summed E-state index contributed by atoms with van der Waals surface area (Å²) in [7, 11) is -1.91. The Morgan fingerprint density at radius 2 is 1.79 bits per heavy atom. The molecule has 0 fully saturated rings. The Morgan fingerprint density at radius 3 is 2.29 bits per heavy atom. The Hall–Kier alpha value is -1.59. The molecule has 0 aliphatic heterocycles. The van der Waals surface area contributed by atoms with Gasteiger partial charge in [-0.2, -0.15) is 0 Å². The Bertz CT molecular complexity index is 549. The molecule has 1 aromatic rings. The number of carbonyl (C=O) groups excluding carboxylic acids is 1. The number of hydrogen-bond donors (Lipinski definition) is 1. The average molecular weight is 350 g/mol. The lowest BCUT2D eigenvalue weighted by molar-refractivity contribution is 0.136. The second kappa shape index (κ2) is 8.49. The Morgan fingerprint density at radius 1 is 1.21 bits per heavy atom. The first-order chi connectivity index (χ1) is 11.0. The maximum Gasteiger partial charge on any atom is 0.405 e. The number of ether oxygens (including phenoxy) is 1. The smallest absolute Gasteiger partial charge is 0.405 e. The van der Waals surface area contributed by atoms with Crippen molar-refractivity contribution in [2.24, 2.45) is 5.73 Å². The molecule has 0 saturated carbocycles. The van der Waals surface area contributed by atoms with Crippen molar-refractivity contribution in [3.8, 4) is 0 Å². The first-order valence-corrected chi connectivity index (χ1v) is 11.3. The van der Waals surface area contributed by atoms with Gasteiger partial charge in [-0.25, -0.2) is 4.79 Å². The summed E-state index contributed by atoms with van der Waals surface area (Å²) >= 11 is 0. The van der Waals surface area contributed by atoms with E-state index in [4.69, 9.17) is 14.9 Å². The molecule has 2 N–H and O–H groups in total. The number of rotatable bonds is 7. The molecule has 0 spiro atoms. The van der Waals surface area contributed by atoms with E-state index in [2.05, 4.69) is 46.0 Å². The molecule has 1 amide bonds. The third kappa shape index (κ3) is 6.89. The van der Waals surface area contributed by atoms with Crippen LogP contribution in [-0.4, -0.2) is 26.6 Å². The van der Waals surface area contributed by atoms with Crippen LogP contribution in [0.4, 0.5) is 4.79 Å². The molecule has 0 radical (unpaired) electrons.